The number of carbonyl (C=O) groups excluding carboxylic acids is 4. The summed E-state index contributed by atoms with van der Waals surface area (Å²) in [5.74, 6) is -1.32. The van der Waals surface area contributed by atoms with Gasteiger partial charge in [0.2, 0.25) is 5.91 Å². The number of hydrogen-bond donors (Lipinski definition) is 3. The van der Waals surface area contributed by atoms with E-state index in [-0.39, 0.29) is 64.3 Å². The number of likely N-dealkylation sites (N-methyl/N-ethyl adjacent to an activating group) is 1. The average molecular weight is 965 g/mol. The number of benzene rings is 2. The van der Waals surface area contributed by atoms with Crippen molar-refractivity contribution in [3.05, 3.63) is 116 Å². The molecule has 2 aromatic carbocycles. The van der Waals surface area contributed by atoms with Crippen molar-refractivity contribution in [1.29, 1.82) is 0 Å². The fourth-order valence-electron chi connectivity index (χ4n) is 4.82. The predicted molar refractivity (Wildman–Crippen MR) is 192 cm³/mol. The number of carboxylic acid groups (broad SMARTS) is 1. The van der Waals surface area contributed by atoms with E-state index in [1.54, 1.807) is 47.3 Å². The van der Waals surface area contributed by atoms with E-state index in [1.807, 2.05) is 42.5 Å². The molecule has 0 aliphatic carbocycles. The molecule has 56 heavy (non-hydrogen) atoms. The van der Waals surface area contributed by atoms with Gasteiger partial charge in [-0.25, -0.2) is 0 Å². The quantitative estimate of drug-likeness (QED) is 0.0560. The Hall–Kier alpha value is -4.75. The van der Waals surface area contributed by atoms with Crippen LogP contribution in [0.4, 0.5) is 5.69 Å². The number of nitrogens with one attached hydrogen (secondary N) is 2. The van der Waals surface area contributed by atoms with Gasteiger partial charge in [-0.3, -0.25) is 38.3 Å². The molecular formula is C37H42N6O11ReS-2. The van der Waals surface area contributed by atoms with Crippen molar-refractivity contribution in [2.75, 3.05) is 57.6 Å². The molecule has 17 nitrogen and oxygen atoms in total. The molecule has 1 aromatic heterocycles. The van der Waals surface area contributed by atoms with Crippen LogP contribution in [0.5, 0.6) is 0 Å². The Kier molecular flexibility index (Phi) is 36.9. The normalized spacial score (nSPS) is 10.1. The minimum Gasteiger partial charge on any atom is 0 e. The third-order valence-corrected chi connectivity index (χ3v) is 7.43. The summed E-state index contributed by atoms with van der Waals surface area (Å²) in [4.78, 5) is 63.0. The molecule has 0 saturated carbocycles. The minimum atomic E-state index is -2.42. The summed E-state index contributed by atoms with van der Waals surface area (Å²) in [5, 5.41) is 12.3. The number of carbonyl (C=O) groups is 3. The molecule has 19 heteroatoms. The molecule has 3 N–H and O–H groups in total. The standard InChI is InChI=1S/C33H43N6O6S.CO2.3CO.Re/c1-37(24-31(40)21-27-12-14-29(15-13-27)36-46(44)45)19-20-39(26-33(42)43)25-32(41)35-17-7-8-18-38(22-28-9-3-2-4-10-28)23-30-11-5-6-16-34-30;2-1-3;3*1-2;/h2-6,9,11-16,36H,7-8,17-26H2,1H3,(H,35,41)(H,42,43)(H,44,45);;;;;/q-1;;;;;/p-1. The van der Waals surface area contributed by atoms with E-state index in [0.29, 0.717) is 31.9 Å². The van der Waals surface area contributed by atoms with E-state index in [1.165, 1.54) is 0 Å². The maximum Gasteiger partial charge on any atom is 0 e. The number of unbranched alkanes of at least 4 members (excludes halogenated alkanes) is 1. The van der Waals surface area contributed by atoms with E-state index in [9.17, 15) is 28.3 Å². The Morgan fingerprint density at radius 2 is 1.52 bits per heavy atom. The number of pyridine rings is 1. The van der Waals surface area contributed by atoms with Gasteiger partial charge in [0.1, 0.15) is 0 Å². The van der Waals surface area contributed by atoms with Gasteiger partial charge in [0.25, 0.3) is 0 Å². The average Bonchev–Trinajstić information content (AvgIpc) is 3.17. The number of rotatable bonds is 22. The monoisotopic (exact) mass is 965 g/mol. The van der Waals surface area contributed by atoms with Crippen molar-refractivity contribution in [1.82, 2.24) is 25.0 Å². The molecule has 1 radical (unpaired) electrons. The van der Waals surface area contributed by atoms with Gasteiger partial charge in [-0.1, -0.05) is 18.2 Å². The molecule has 0 fully saturated rings. The molecule has 0 spiro atoms. The van der Waals surface area contributed by atoms with Crippen LogP contribution in [0, 0.1) is 26.0 Å². The molecule has 301 valence electrons. The Morgan fingerprint density at radius 1 is 0.875 bits per heavy atom. The Bertz CT molecular complexity index is 1570. The van der Waals surface area contributed by atoms with E-state index < -0.39 is 17.2 Å². The van der Waals surface area contributed by atoms with Crippen molar-refractivity contribution in [2.24, 2.45) is 0 Å². The van der Waals surface area contributed by atoms with Gasteiger partial charge in [-0.15, -0.1) is 5.56 Å². The smallest absolute Gasteiger partial charge is 0 e. The third kappa shape index (κ3) is 29.6. The number of ketones is 1. The van der Waals surface area contributed by atoms with Crippen LogP contribution in [-0.4, -0.2) is 110 Å². The maximum atomic E-state index is 12.6. The molecule has 0 saturated heterocycles. The summed E-state index contributed by atoms with van der Waals surface area (Å²) in [6, 6.07) is 23.6. The van der Waals surface area contributed by atoms with Crippen LogP contribution in [0.15, 0.2) is 72.9 Å². The number of carboxylic acids is 1. The minimum absolute atomic E-state index is 0. The zero-order valence-corrected chi connectivity index (χ0v) is 34.1. The van der Waals surface area contributed by atoms with Gasteiger partial charge in [0.05, 0.1) is 25.3 Å². The van der Waals surface area contributed by atoms with E-state index in [0.717, 1.165) is 42.8 Å². The van der Waals surface area contributed by atoms with Crippen molar-refractivity contribution >= 4 is 40.8 Å². The van der Waals surface area contributed by atoms with Crippen LogP contribution < -0.4 is 10.0 Å². The first-order valence-corrected chi connectivity index (χ1v) is 17.2. The van der Waals surface area contributed by atoms with Crippen LogP contribution in [-0.2, 0) is 89.1 Å². The van der Waals surface area contributed by atoms with Crippen LogP contribution in [0.3, 0.4) is 0 Å². The molecule has 0 bridgehead atoms. The Labute approximate surface area is 342 Å². The number of Topliss-reactive ketones (excluding diaryl/α,β-unsaturated/α-hetero) is 1. The Balaban J connectivity index is -0.00000259. The fraction of sp³-hybridized carbons (Fsp3) is 0.351. The summed E-state index contributed by atoms with van der Waals surface area (Å²) in [7, 11) is 1.76. The topological polar surface area (TPSA) is 252 Å². The summed E-state index contributed by atoms with van der Waals surface area (Å²) in [6.07, 6.45) is 3.84. The molecule has 0 aliphatic heterocycles. The summed E-state index contributed by atoms with van der Waals surface area (Å²) in [5.41, 5.74) is 3.24. The fourth-order valence-corrected chi connectivity index (χ4v) is 5.15. The van der Waals surface area contributed by atoms with Crippen molar-refractivity contribution in [3.8, 4) is 0 Å². The van der Waals surface area contributed by atoms with Crippen LogP contribution in [0.1, 0.15) is 29.7 Å². The number of amides is 1. The van der Waals surface area contributed by atoms with Gasteiger partial charge >= 0.3 is 46.0 Å². The molecule has 3 aromatic rings. The number of aliphatic carboxylic acids is 1. The number of hydrogen-bond acceptors (Lipinski definition) is 11. The number of nitrogens with zero attached hydrogens (tertiary/aromatic N) is 4. The van der Waals surface area contributed by atoms with Crippen molar-refractivity contribution < 1.29 is 72.2 Å². The molecule has 1 amide bonds. The van der Waals surface area contributed by atoms with Crippen molar-refractivity contribution in [3.63, 3.8) is 0 Å². The van der Waals surface area contributed by atoms with Gasteiger partial charge in [0.15, 0.2) is 5.78 Å². The van der Waals surface area contributed by atoms with E-state index in [2.05, 4.69) is 45.9 Å². The molecule has 3 rings (SSSR count). The van der Waals surface area contributed by atoms with E-state index in [4.69, 9.17) is 23.5 Å². The van der Waals surface area contributed by atoms with Crippen LogP contribution >= 0.6 is 0 Å². The zero-order chi connectivity index (χ0) is 41.9. The second-order valence-electron chi connectivity index (χ2n) is 11.2. The molecule has 0 aliphatic rings. The number of anilines is 1. The van der Waals surface area contributed by atoms with E-state index >= 15 is 0 Å². The number of aromatic nitrogens is 1. The van der Waals surface area contributed by atoms with Crippen LogP contribution in [0.25, 0.3) is 0 Å². The molecule has 1 atom stereocenters. The summed E-state index contributed by atoms with van der Waals surface area (Å²) in [6.45, 7) is 16.8. The largest absolute Gasteiger partial charge is 0 e. The predicted octanol–water partition coefficient (Wildman–Crippen LogP) is 1.42. The molecule has 1 unspecified atom stereocenters. The molecule has 1 heterocycles. The van der Waals surface area contributed by atoms with Gasteiger partial charge in [0, 0.05) is 82.7 Å². The summed E-state index contributed by atoms with van der Waals surface area (Å²) < 4.78 is 46.2. The van der Waals surface area contributed by atoms with Gasteiger partial charge in [-0.2, -0.15) is 39.9 Å². The first-order valence-electron chi connectivity index (χ1n) is 16.1. The zero-order valence-electron chi connectivity index (χ0n) is 30.5. The molecular weight excluding hydrogens is 923 g/mol. The second kappa shape index (κ2) is 37.2. The maximum absolute atomic E-state index is 12.6. The van der Waals surface area contributed by atoms with Crippen LogP contribution in [0.2, 0.25) is 0 Å². The van der Waals surface area contributed by atoms with Gasteiger partial charge in [-0.05, 0) is 56.3 Å². The first kappa shape index (κ1) is 55.6. The van der Waals surface area contributed by atoms with Gasteiger partial charge < -0.3 is 19.7 Å². The first-order chi connectivity index (χ1) is 26.6. The third-order valence-electron chi connectivity index (χ3n) is 7.03. The second-order valence-corrected chi connectivity index (χ2v) is 11.8. The summed E-state index contributed by atoms with van der Waals surface area (Å²) >= 11 is -2.42. The SMILES string of the molecule is CN(CCN(CC(=O)O)CC(=O)NCCCCN(Cc1[c-]cccc1)Cc1ccccn1)CC(=O)Cc1ccc(NS(=O)[O-])cc1.O=C=O.[C-]#[O+].[C-]#[O+].[C-]#[O+].[Re]. The van der Waals surface area contributed by atoms with Crippen molar-refractivity contribution in [2.45, 2.75) is 32.4 Å². The Morgan fingerprint density at radius 3 is 2.07 bits per heavy atom.